The van der Waals surface area contributed by atoms with Gasteiger partial charge in [0.2, 0.25) is 5.91 Å². The van der Waals surface area contributed by atoms with Crippen LogP contribution < -0.4 is 15.4 Å². The number of nitrogens with zero attached hydrogens (tertiary/aromatic N) is 2. The number of aliphatic imine (C=N–C) groups is 1. The number of halogens is 1. The quantitative estimate of drug-likeness (QED) is 0.506. The number of guanidine groups is 1. The molecule has 0 unspecified atom stereocenters. The number of hydrogen-bond acceptors (Lipinski definition) is 3. The van der Waals surface area contributed by atoms with Gasteiger partial charge in [-0.05, 0) is 36.2 Å². The zero-order valence-electron chi connectivity index (χ0n) is 16.8. The third-order valence-electron chi connectivity index (χ3n) is 4.13. The van der Waals surface area contributed by atoms with E-state index in [0.717, 1.165) is 26.9 Å². The van der Waals surface area contributed by atoms with Crippen molar-refractivity contribution in [3.63, 3.8) is 0 Å². The summed E-state index contributed by atoms with van der Waals surface area (Å²) in [6.07, 6.45) is 0. The van der Waals surface area contributed by atoms with Gasteiger partial charge in [-0.25, -0.2) is 4.99 Å². The van der Waals surface area contributed by atoms with Crippen LogP contribution in [-0.4, -0.2) is 44.5 Å². The van der Waals surface area contributed by atoms with Crippen molar-refractivity contribution in [2.45, 2.75) is 20.0 Å². The largest absolute Gasteiger partial charge is 0.496 e. The molecule has 150 valence electrons. The Morgan fingerprint density at radius 2 is 1.86 bits per heavy atom. The number of benzene rings is 2. The molecule has 0 spiro atoms. The molecule has 2 aromatic carbocycles. The molecule has 0 aromatic heterocycles. The van der Waals surface area contributed by atoms with Crippen LogP contribution in [0.3, 0.4) is 0 Å². The Morgan fingerprint density at radius 3 is 2.50 bits per heavy atom. The molecule has 7 heteroatoms. The summed E-state index contributed by atoms with van der Waals surface area (Å²) in [6, 6.07) is 14.1. The predicted octanol–water partition coefficient (Wildman–Crippen LogP) is 3.09. The minimum Gasteiger partial charge on any atom is -0.496 e. The summed E-state index contributed by atoms with van der Waals surface area (Å²) in [5, 5.41) is 6.38. The first kappa shape index (κ1) is 21.8. The van der Waals surface area contributed by atoms with Gasteiger partial charge < -0.3 is 20.3 Å². The number of carbonyl (C=O) groups excluding carboxylic acids is 1. The minimum absolute atomic E-state index is 0.0222. The topological polar surface area (TPSA) is 66.0 Å². The summed E-state index contributed by atoms with van der Waals surface area (Å²) < 4.78 is 6.49. The number of rotatable bonds is 7. The number of likely N-dealkylation sites (N-methyl/N-ethyl adjacent to an activating group) is 1. The molecular formula is C21H27BrN4O2. The standard InChI is InChI=1S/C21H27BrN4O2/c1-15-5-8-17(19(11-15)28-4)13-24-21(25-14-20(27)26(2)3)23-12-16-6-9-18(22)10-7-16/h5-11H,12-14H2,1-4H3,(H2,23,24,25). The first-order chi connectivity index (χ1) is 13.4. The fraction of sp³-hybridized carbons (Fsp3) is 0.333. The summed E-state index contributed by atoms with van der Waals surface area (Å²) in [6.45, 7) is 3.24. The number of amides is 1. The highest BCUT2D eigenvalue weighted by Gasteiger charge is 2.08. The van der Waals surface area contributed by atoms with Gasteiger partial charge in [0.25, 0.3) is 0 Å². The molecule has 2 aromatic rings. The average Bonchev–Trinajstić information content (AvgIpc) is 2.68. The van der Waals surface area contributed by atoms with Gasteiger partial charge in [0, 0.05) is 30.7 Å². The third-order valence-corrected chi connectivity index (χ3v) is 4.66. The van der Waals surface area contributed by atoms with Gasteiger partial charge in [-0.3, -0.25) is 4.79 Å². The number of nitrogens with one attached hydrogen (secondary N) is 2. The van der Waals surface area contributed by atoms with E-state index in [1.165, 1.54) is 0 Å². The van der Waals surface area contributed by atoms with E-state index in [4.69, 9.17) is 4.74 Å². The molecule has 6 nitrogen and oxygen atoms in total. The van der Waals surface area contributed by atoms with Crippen LogP contribution in [0.4, 0.5) is 0 Å². The molecule has 28 heavy (non-hydrogen) atoms. The number of hydrogen-bond donors (Lipinski definition) is 2. The van der Waals surface area contributed by atoms with E-state index in [1.54, 1.807) is 26.1 Å². The van der Waals surface area contributed by atoms with Gasteiger partial charge in [0.15, 0.2) is 5.96 Å². The molecule has 0 atom stereocenters. The molecule has 0 aliphatic heterocycles. The van der Waals surface area contributed by atoms with E-state index in [2.05, 4.69) is 31.6 Å². The summed E-state index contributed by atoms with van der Waals surface area (Å²) in [5.74, 6) is 1.37. The van der Waals surface area contributed by atoms with E-state index in [9.17, 15) is 4.79 Å². The van der Waals surface area contributed by atoms with E-state index in [-0.39, 0.29) is 12.5 Å². The Bertz CT molecular complexity index is 820. The Kier molecular flexibility index (Phi) is 8.32. The van der Waals surface area contributed by atoms with Gasteiger partial charge >= 0.3 is 0 Å². The van der Waals surface area contributed by atoms with Crippen molar-refractivity contribution in [3.8, 4) is 5.75 Å². The number of ether oxygens (including phenoxy) is 1. The monoisotopic (exact) mass is 446 g/mol. The van der Waals surface area contributed by atoms with Crippen molar-refractivity contribution in [2.24, 2.45) is 4.99 Å². The number of aryl methyl sites for hydroxylation is 1. The maximum Gasteiger partial charge on any atom is 0.241 e. The van der Waals surface area contributed by atoms with Crippen LogP contribution in [0.5, 0.6) is 5.75 Å². The Labute approximate surface area is 175 Å². The molecule has 0 fully saturated rings. The van der Waals surface area contributed by atoms with Crippen molar-refractivity contribution in [3.05, 3.63) is 63.6 Å². The van der Waals surface area contributed by atoms with Crippen molar-refractivity contribution in [2.75, 3.05) is 27.7 Å². The SMILES string of the molecule is COc1cc(C)ccc1CNC(=NCc1ccc(Br)cc1)NCC(=O)N(C)C. The summed E-state index contributed by atoms with van der Waals surface area (Å²) in [4.78, 5) is 18.1. The third kappa shape index (κ3) is 6.88. The molecule has 0 aliphatic rings. The van der Waals surface area contributed by atoms with E-state index in [0.29, 0.717) is 19.0 Å². The van der Waals surface area contributed by atoms with Gasteiger partial charge in [0.1, 0.15) is 5.75 Å². The van der Waals surface area contributed by atoms with E-state index >= 15 is 0 Å². The summed E-state index contributed by atoms with van der Waals surface area (Å²) >= 11 is 3.43. The highest BCUT2D eigenvalue weighted by molar-refractivity contribution is 9.10. The Hall–Kier alpha value is -2.54. The molecule has 0 bridgehead atoms. The fourth-order valence-corrected chi connectivity index (χ4v) is 2.69. The number of carbonyl (C=O) groups is 1. The second kappa shape index (κ2) is 10.7. The lowest BCUT2D eigenvalue weighted by Crippen LogP contribution is -2.42. The van der Waals surface area contributed by atoms with Crippen LogP contribution in [0.2, 0.25) is 0 Å². The lowest BCUT2D eigenvalue weighted by atomic mass is 10.1. The van der Waals surface area contributed by atoms with Crippen LogP contribution >= 0.6 is 15.9 Å². The molecule has 0 aliphatic carbocycles. The highest BCUT2D eigenvalue weighted by atomic mass is 79.9. The summed E-state index contributed by atoms with van der Waals surface area (Å²) in [5.41, 5.74) is 3.24. The zero-order valence-corrected chi connectivity index (χ0v) is 18.3. The van der Waals surface area contributed by atoms with Crippen LogP contribution in [0.15, 0.2) is 51.9 Å². The van der Waals surface area contributed by atoms with Gasteiger partial charge in [-0.1, -0.05) is 40.2 Å². The Balaban J connectivity index is 2.09. The first-order valence-corrected chi connectivity index (χ1v) is 9.78. The van der Waals surface area contributed by atoms with Crippen LogP contribution in [-0.2, 0) is 17.9 Å². The lowest BCUT2D eigenvalue weighted by molar-refractivity contribution is -0.127. The highest BCUT2D eigenvalue weighted by Crippen LogP contribution is 2.19. The molecule has 0 saturated heterocycles. The molecule has 2 rings (SSSR count). The van der Waals surface area contributed by atoms with Crippen molar-refractivity contribution in [1.29, 1.82) is 0 Å². The molecule has 2 N–H and O–H groups in total. The molecule has 1 amide bonds. The van der Waals surface area contributed by atoms with Crippen LogP contribution in [0.1, 0.15) is 16.7 Å². The normalized spacial score (nSPS) is 11.1. The molecule has 0 saturated carbocycles. The Morgan fingerprint density at radius 1 is 1.14 bits per heavy atom. The zero-order chi connectivity index (χ0) is 20.5. The lowest BCUT2D eigenvalue weighted by Gasteiger charge is -2.16. The van der Waals surface area contributed by atoms with Crippen molar-refractivity contribution < 1.29 is 9.53 Å². The van der Waals surface area contributed by atoms with E-state index < -0.39 is 0 Å². The minimum atomic E-state index is -0.0222. The molecule has 0 radical (unpaired) electrons. The van der Waals surface area contributed by atoms with Crippen LogP contribution in [0.25, 0.3) is 0 Å². The van der Waals surface area contributed by atoms with Crippen LogP contribution in [0, 0.1) is 6.92 Å². The molecule has 0 heterocycles. The average molecular weight is 447 g/mol. The first-order valence-electron chi connectivity index (χ1n) is 8.99. The molecular weight excluding hydrogens is 420 g/mol. The van der Waals surface area contributed by atoms with Crippen molar-refractivity contribution >= 4 is 27.8 Å². The van der Waals surface area contributed by atoms with Gasteiger partial charge in [-0.15, -0.1) is 0 Å². The van der Waals surface area contributed by atoms with Gasteiger partial charge in [-0.2, -0.15) is 0 Å². The summed E-state index contributed by atoms with van der Waals surface area (Å²) in [7, 11) is 5.12. The number of methoxy groups -OCH3 is 1. The smallest absolute Gasteiger partial charge is 0.241 e. The van der Waals surface area contributed by atoms with E-state index in [1.807, 2.05) is 49.4 Å². The maximum atomic E-state index is 11.9. The second-order valence-corrected chi connectivity index (χ2v) is 7.52. The maximum absolute atomic E-state index is 11.9. The van der Waals surface area contributed by atoms with Crippen molar-refractivity contribution in [1.82, 2.24) is 15.5 Å². The van der Waals surface area contributed by atoms with Gasteiger partial charge in [0.05, 0.1) is 20.2 Å². The second-order valence-electron chi connectivity index (χ2n) is 6.60. The predicted molar refractivity (Wildman–Crippen MR) is 117 cm³/mol. The fourth-order valence-electron chi connectivity index (χ4n) is 2.43.